The molecule has 11 heteroatoms. The number of thiophene rings is 1. The second-order valence-electron chi connectivity index (χ2n) is 11.2. The third-order valence-electron chi connectivity index (χ3n) is 4.27. The van der Waals surface area contributed by atoms with Gasteiger partial charge in [-0.25, -0.2) is 4.79 Å². The molecule has 200 valence electrons. The normalized spacial score (nSPS) is 17.5. The first-order valence-electron chi connectivity index (χ1n) is 11.2. The van der Waals surface area contributed by atoms with Crippen LogP contribution in [0.25, 0.3) is 5.76 Å². The lowest BCUT2D eigenvalue weighted by Gasteiger charge is -2.35. The van der Waals surface area contributed by atoms with E-state index in [2.05, 4.69) is 5.32 Å². The van der Waals surface area contributed by atoms with E-state index in [1.54, 1.807) is 53.0 Å². The van der Waals surface area contributed by atoms with Crippen molar-refractivity contribution >= 4 is 34.8 Å². The summed E-state index contributed by atoms with van der Waals surface area (Å²) in [6.45, 7) is 14.4. The van der Waals surface area contributed by atoms with E-state index in [0.717, 1.165) is 11.3 Å². The van der Waals surface area contributed by atoms with E-state index < -0.39 is 63.5 Å². The molecule has 1 N–H and O–H groups in total. The molecule has 0 fully saturated rings. The zero-order chi connectivity index (χ0) is 27.9. The number of carbonyl (C=O) groups excluding carboxylic acids is 3. The molecular formula is C25H32F3NO6S. The Bertz CT molecular complexity index is 1080. The highest BCUT2D eigenvalue weighted by Gasteiger charge is 2.53. The lowest BCUT2D eigenvalue weighted by atomic mass is 9.84. The molecule has 1 aliphatic rings. The number of Topliss-reactive ketones (excluding diaryl/α,β-unsaturated/α-hetero) is 1. The maximum atomic E-state index is 13.9. The van der Waals surface area contributed by atoms with E-state index in [1.165, 1.54) is 26.8 Å². The number of hydrogen-bond acceptors (Lipinski definition) is 8. The maximum absolute atomic E-state index is 13.9. The van der Waals surface area contributed by atoms with Crippen molar-refractivity contribution in [3.63, 3.8) is 0 Å². The zero-order valence-electron chi connectivity index (χ0n) is 21.8. The molecular weight excluding hydrogens is 499 g/mol. The van der Waals surface area contributed by atoms with Crippen LogP contribution in [0.5, 0.6) is 0 Å². The molecule has 1 unspecified atom stereocenters. The average Bonchev–Trinajstić information content (AvgIpc) is 3.16. The van der Waals surface area contributed by atoms with Crippen LogP contribution in [0.15, 0.2) is 34.5 Å². The van der Waals surface area contributed by atoms with Crippen LogP contribution in [-0.4, -0.2) is 40.6 Å². The predicted octanol–water partition coefficient (Wildman–Crippen LogP) is 5.52. The van der Waals surface area contributed by atoms with Crippen LogP contribution in [0.3, 0.4) is 0 Å². The molecule has 0 aliphatic carbocycles. The Hall–Kier alpha value is -2.82. The van der Waals surface area contributed by atoms with Crippen LogP contribution in [0.4, 0.5) is 13.2 Å². The van der Waals surface area contributed by atoms with Crippen molar-refractivity contribution in [1.29, 1.82) is 0 Å². The number of halogens is 3. The van der Waals surface area contributed by atoms with E-state index >= 15 is 0 Å². The van der Waals surface area contributed by atoms with Gasteiger partial charge < -0.3 is 19.5 Å². The van der Waals surface area contributed by atoms with Gasteiger partial charge in [-0.15, -0.1) is 11.3 Å². The summed E-state index contributed by atoms with van der Waals surface area (Å²) < 4.78 is 58.2. The highest BCUT2D eigenvalue weighted by Crippen LogP contribution is 2.43. The van der Waals surface area contributed by atoms with E-state index in [9.17, 15) is 27.6 Å². The third-order valence-corrected chi connectivity index (χ3v) is 5.14. The minimum Gasteiger partial charge on any atom is -0.459 e. The maximum Gasteiger partial charge on any atom is 0.454 e. The van der Waals surface area contributed by atoms with Gasteiger partial charge in [-0.05, 0) is 73.8 Å². The molecule has 1 aromatic rings. The van der Waals surface area contributed by atoms with Crippen LogP contribution >= 0.6 is 11.3 Å². The van der Waals surface area contributed by atoms with E-state index in [0.29, 0.717) is 0 Å². The van der Waals surface area contributed by atoms with Crippen molar-refractivity contribution < 1.29 is 41.8 Å². The minimum atomic E-state index is -5.37. The number of esters is 2. The van der Waals surface area contributed by atoms with Gasteiger partial charge in [0.25, 0.3) is 5.78 Å². The molecule has 0 saturated heterocycles. The number of alkyl halides is 3. The van der Waals surface area contributed by atoms with Gasteiger partial charge in [-0.3, -0.25) is 9.59 Å². The van der Waals surface area contributed by atoms with Crippen molar-refractivity contribution in [2.24, 2.45) is 5.92 Å². The van der Waals surface area contributed by atoms with Crippen LogP contribution in [0, 0.1) is 5.92 Å². The molecule has 0 radical (unpaired) electrons. The van der Waals surface area contributed by atoms with Crippen LogP contribution in [0.2, 0.25) is 0 Å². The molecule has 1 aromatic heterocycles. The topological polar surface area (TPSA) is 90.9 Å². The molecule has 7 nitrogen and oxygen atoms in total. The monoisotopic (exact) mass is 531 g/mol. The fraction of sp³-hybridized carbons (Fsp3) is 0.560. The van der Waals surface area contributed by atoms with Gasteiger partial charge in [0.1, 0.15) is 22.7 Å². The summed E-state index contributed by atoms with van der Waals surface area (Å²) in [5, 5.41) is 4.52. The van der Waals surface area contributed by atoms with Gasteiger partial charge >= 0.3 is 18.1 Å². The number of nitrogens with one attached hydrogen (secondary N) is 1. The summed E-state index contributed by atoms with van der Waals surface area (Å²) in [5.41, 5.74) is -4.59. The number of carbonyl (C=O) groups is 3. The van der Waals surface area contributed by atoms with Gasteiger partial charge in [-0.2, -0.15) is 13.2 Å². The molecule has 1 aliphatic heterocycles. The molecule has 2 heterocycles. The Morgan fingerprint density at radius 1 is 0.917 bits per heavy atom. The standard InChI is InChI=1S/C25H32F3NO6S/c1-22(2,3)29-19-16(21(32)35-24(7,8)9)14(20(31)34-23(4,5)6)15(18(30)25(26,27)28)17(33-19)13-11-10-12-36-13/h10-12,14,29H,1-9H3. The van der Waals surface area contributed by atoms with Gasteiger partial charge in [-0.1, -0.05) is 6.07 Å². The van der Waals surface area contributed by atoms with Gasteiger partial charge in [0.2, 0.25) is 5.88 Å². The Labute approximate surface area is 212 Å². The summed E-state index contributed by atoms with van der Waals surface area (Å²) in [7, 11) is 0. The molecule has 0 bridgehead atoms. The van der Waals surface area contributed by atoms with Gasteiger partial charge in [0.05, 0.1) is 10.5 Å². The number of ketones is 1. The van der Waals surface area contributed by atoms with Crippen LogP contribution in [0.1, 0.15) is 67.2 Å². The summed E-state index contributed by atoms with van der Waals surface area (Å²) in [6, 6.07) is 3.00. The molecule has 0 spiro atoms. The zero-order valence-corrected chi connectivity index (χ0v) is 22.6. The van der Waals surface area contributed by atoms with Crippen molar-refractivity contribution in [3.8, 4) is 0 Å². The minimum absolute atomic E-state index is 0.160. The molecule has 0 aromatic carbocycles. The van der Waals surface area contributed by atoms with Crippen molar-refractivity contribution in [1.82, 2.24) is 5.32 Å². The first kappa shape index (κ1) is 29.4. The second-order valence-corrected chi connectivity index (χ2v) is 12.2. The highest BCUT2D eigenvalue weighted by atomic mass is 32.1. The fourth-order valence-electron chi connectivity index (χ4n) is 3.17. The van der Waals surface area contributed by atoms with E-state index in [1.807, 2.05) is 0 Å². The number of hydrogen-bond donors (Lipinski definition) is 1. The van der Waals surface area contributed by atoms with Crippen LogP contribution in [-0.2, 0) is 28.6 Å². The molecule has 0 saturated carbocycles. The third kappa shape index (κ3) is 7.59. The molecule has 2 rings (SSSR count). The average molecular weight is 532 g/mol. The first-order chi connectivity index (χ1) is 16.1. The van der Waals surface area contributed by atoms with Crippen LogP contribution < -0.4 is 5.32 Å². The largest absolute Gasteiger partial charge is 0.459 e. The summed E-state index contributed by atoms with van der Waals surface area (Å²) >= 11 is 1.01. The number of ether oxygens (including phenoxy) is 3. The summed E-state index contributed by atoms with van der Waals surface area (Å²) in [6.07, 6.45) is -5.37. The van der Waals surface area contributed by atoms with Crippen molar-refractivity contribution in [2.75, 3.05) is 0 Å². The Morgan fingerprint density at radius 2 is 1.47 bits per heavy atom. The Balaban J connectivity index is 2.95. The van der Waals surface area contributed by atoms with Gasteiger partial charge in [0, 0.05) is 5.54 Å². The number of rotatable bonds is 5. The lowest BCUT2D eigenvalue weighted by Crippen LogP contribution is -2.45. The quantitative estimate of drug-likeness (QED) is 0.501. The predicted molar refractivity (Wildman–Crippen MR) is 128 cm³/mol. The Morgan fingerprint density at radius 3 is 1.89 bits per heavy atom. The highest BCUT2D eigenvalue weighted by molar-refractivity contribution is 7.11. The van der Waals surface area contributed by atoms with E-state index in [4.69, 9.17) is 14.2 Å². The summed E-state index contributed by atoms with van der Waals surface area (Å²) in [5.74, 6) is -7.51. The van der Waals surface area contributed by atoms with Crippen molar-refractivity contribution in [3.05, 3.63) is 39.4 Å². The second kappa shape index (κ2) is 9.91. The van der Waals surface area contributed by atoms with Crippen molar-refractivity contribution in [2.45, 2.75) is 85.2 Å². The lowest BCUT2D eigenvalue weighted by molar-refractivity contribution is -0.170. The SMILES string of the molecule is CC(C)(C)NC1=C(C(=O)OC(C)(C)C)C(C(=O)OC(C)(C)C)C(C(=O)C(F)(F)F)=C(c2cccs2)O1. The molecule has 1 atom stereocenters. The first-order valence-corrected chi connectivity index (χ1v) is 12.0. The van der Waals surface area contributed by atoms with Gasteiger partial charge in [0.15, 0.2) is 5.76 Å². The van der Waals surface area contributed by atoms with E-state index in [-0.39, 0.29) is 10.8 Å². The fourth-order valence-corrected chi connectivity index (χ4v) is 3.89. The summed E-state index contributed by atoms with van der Waals surface area (Å²) in [4.78, 5) is 39.8. The smallest absolute Gasteiger partial charge is 0.454 e. The molecule has 0 amide bonds. The Kier molecular flexibility index (Phi) is 8.10. The molecule has 36 heavy (non-hydrogen) atoms.